The van der Waals surface area contributed by atoms with Crippen molar-refractivity contribution >= 4 is 16.9 Å². The smallest absolute Gasteiger partial charge is 0.291 e. The Morgan fingerprint density at radius 1 is 1.03 bits per heavy atom. The lowest BCUT2D eigenvalue weighted by Gasteiger charge is -2.24. The summed E-state index contributed by atoms with van der Waals surface area (Å²) in [7, 11) is 1.59. The number of methoxy groups -OCH3 is 1. The topological polar surface area (TPSA) is 72.9 Å². The number of benzene rings is 2. The van der Waals surface area contributed by atoms with Crippen molar-refractivity contribution in [2.45, 2.75) is 26.4 Å². The van der Waals surface area contributed by atoms with Crippen LogP contribution in [-0.2, 0) is 6.54 Å². The van der Waals surface area contributed by atoms with Crippen molar-refractivity contribution < 1.29 is 18.4 Å². The molecule has 156 valence electrons. The van der Waals surface area contributed by atoms with Crippen LogP contribution in [0, 0.1) is 13.8 Å². The number of rotatable bonds is 4. The molecule has 0 aliphatic carbocycles. The summed E-state index contributed by atoms with van der Waals surface area (Å²) in [6.07, 6.45) is 1.56. The lowest BCUT2D eigenvalue weighted by Crippen LogP contribution is -2.29. The highest BCUT2D eigenvalue weighted by molar-refractivity contribution is 5.99. The monoisotopic (exact) mass is 415 g/mol. The minimum absolute atomic E-state index is 0.0909. The fourth-order valence-corrected chi connectivity index (χ4v) is 4.14. The van der Waals surface area contributed by atoms with Gasteiger partial charge in [0.25, 0.3) is 5.91 Å². The summed E-state index contributed by atoms with van der Waals surface area (Å²) >= 11 is 0. The number of fused-ring (bicyclic) bond motifs is 2. The van der Waals surface area contributed by atoms with Gasteiger partial charge in [-0.3, -0.25) is 9.59 Å². The second kappa shape index (κ2) is 7.16. The average molecular weight is 415 g/mol. The van der Waals surface area contributed by atoms with Gasteiger partial charge in [-0.2, -0.15) is 0 Å². The van der Waals surface area contributed by atoms with E-state index in [1.165, 1.54) is 0 Å². The lowest BCUT2D eigenvalue weighted by atomic mass is 9.97. The molecular formula is C25H21NO5. The van der Waals surface area contributed by atoms with E-state index in [4.69, 9.17) is 13.6 Å². The third kappa shape index (κ3) is 3.03. The SMILES string of the molecule is COc1ccc(C2c3c(oc4cc(C)c(C)cc4c3=O)C(=O)N2Cc2ccco2)cc1. The molecule has 2 aromatic heterocycles. The molecule has 2 aromatic carbocycles. The van der Waals surface area contributed by atoms with E-state index < -0.39 is 6.04 Å². The van der Waals surface area contributed by atoms with E-state index in [-0.39, 0.29) is 23.6 Å². The molecule has 1 unspecified atom stereocenters. The van der Waals surface area contributed by atoms with Gasteiger partial charge < -0.3 is 18.5 Å². The minimum Gasteiger partial charge on any atom is -0.497 e. The highest BCUT2D eigenvalue weighted by atomic mass is 16.5. The zero-order chi connectivity index (χ0) is 21.7. The second-order valence-electron chi connectivity index (χ2n) is 7.79. The Morgan fingerprint density at radius 3 is 2.45 bits per heavy atom. The zero-order valence-corrected chi connectivity index (χ0v) is 17.5. The van der Waals surface area contributed by atoms with E-state index >= 15 is 0 Å². The fourth-order valence-electron chi connectivity index (χ4n) is 4.14. The van der Waals surface area contributed by atoms with Crippen LogP contribution in [0.2, 0.25) is 0 Å². The Balaban J connectivity index is 1.74. The zero-order valence-electron chi connectivity index (χ0n) is 17.5. The van der Waals surface area contributed by atoms with Gasteiger partial charge in [0, 0.05) is 0 Å². The first-order valence-corrected chi connectivity index (χ1v) is 10.0. The van der Waals surface area contributed by atoms with Crippen LogP contribution in [0.15, 0.2) is 68.4 Å². The molecular weight excluding hydrogens is 394 g/mol. The Kier molecular flexibility index (Phi) is 4.43. The van der Waals surface area contributed by atoms with E-state index in [9.17, 15) is 9.59 Å². The molecule has 1 amide bonds. The summed E-state index contributed by atoms with van der Waals surface area (Å²) < 4.78 is 16.8. The van der Waals surface area contributed by atoms with Gasteiger partial charge in [-0.25, -0.2) is 0 Å². The summed E-state index contributed by atoms with van der Waals surface area (Å²) in [5.41, 5.74) is 3.40. The Bertz CT molecular complexity index is 1350. The summed E-state index contributed by atoms with van der Waals surface area (Å²) in [6, 6.07) is 14.0. The Morgan fingerprint density at radius 2 is 1.77 bits per heavy atom. The van der Waals surface area contributed by atoms with Crippen molar-refractivity contribution in [1.82, 2.24) is 4.90 Å². The average Bonchev–Trinajstić information content (AvgIpc) is 3.38. The lowest BCUT2D eigenvalue weighted by molar-refractivity contribution is 0.0701. The van der Waals surface area contributed by atoms with Crippen LogP contribution in [0.5, 0.6) is 5.75 Å². The molecule has 0 bridgehead atoms. The number of hydrogen-bond donors (Lipinski definition) is 0. The van der Waals surface area contributed by atoms with Crippen molar-refractivity contribution in [3.63, 3.8) is 0 Å². The minimum atomic E-state index is -0.583. The molecule has 3 heterocycles. The maximum absolute atomic E-state index is 13.6. The number of hydrogen-bond acceptors (Lipinski definition) is 5. The van der Waals surface area contributed by atoms with Crippen molar-refractivity contribution in [1.29, 1.82) is 0 Å². The number of amides is 1. The van der Waals surface area contributed by atoms with Gasteiger partial charge in [-0.1, -0.05) is 12.1 Å². The van der Waals surface area contributed by atoms with Gasteiger partial charge in [-0.05, 0) is 66.9 Å². The molecule has 0 radical (unpaired) electrons. The molecule has 0 spiro atoms. The van der Waals surface area contributed by atoms with Gasteiger partial charge in [0.1, 0.15) is 17.1 Å². The summed E-state index contributed by atoms with van der Waals surface area (Å²) in [5, 5.41) is 0.480. The highest BCUT2D eigenvalue weighted by Crippen LogP contribution is 2.39. The summed E-state index contributed by atoms with van der Waals surface area (Å²) in [5.74, 6) is 1.09. The molecule has 6 heteroatoms. The molecule has 31 heavy (non-hydrogen) atoms. The predicted molar refractivity (Wildman–Crippen MR) is 115 cm³/mol. The first kappa shape index (κ1) is 19.2. The van der Waals surface area contributed by atoms with E-state index in [2.05, 4.69) is 0 Å². The highest BCUT2D eigenvalue weighted by Gasteiger charge is 2.43. The van der Waals surface area contributed by atoms with Crippen LogP contribution in [-0.4, -0.2) is 17.9 Å². The normalized spacial score (nSPS) is 15.5. The summed E-state index contributed by atoms with van der Waals surface area (Å²) in [4.78, 5) is 28.6. The van der Waals surface area contributed by atoms with Crippen molar-refractivity contribution in [2.24, 2.45) is 0 Å². The standard InChI is InChI=1S/C25H21NO5/c1-14-11-19-20(12-15(14)2)31-24-21(23(19)27)22(16-6-8-17(29-3)9-7-16)26(25(24)28)13-18-5-4-10-30-18/h4-12,22H,13H2,1-3H3. The Labute approximate surface area is 178 Å². The van der Waals surface area contributed by atoms with E-state index in [1.807, 2.05) is 50.2 Å². The first-order chi connectivity index (χ1) is 15.0. The third-order valence-electron chi connectivity index (χ3n) is 5.92. The molecule has 1 aliphatic heterocycles. The molecule has 0 fully saturated rings. The molecule has 1 atom stereocenters. The molecule has 1 aliphatic rings. The van der Waals surface area contributed by atoms with Gasteiger partial charge in [0.05, 0.1) is 36.9 Å². The van der Waals surface area contributed by atoms with Gasteiger partial charge in [0.2, 0.25) is 5.76 Å². The van der Waals surface area contributed by atoms with Crippen molar-refractivity contribution in [3.05, 3.63) is 98.8 Å². The number of ether oxygens (including phenoxy) is 1. The largest absolute Gasteiger partial charge is 0.497 e. The molecule has 5 rings (SSSR count). The molecule has 0 N–H and O–H groups in total. The molecule has 0 saturated carbocycles. The predicted octanol–water partition coefficient (Wildman–Crippen LogP) is 4.76. The van der Waals surface area contributed by atoms with E-state index in [1.54, 1.807) is 30.4 Å². The van der Waals surface area contributed by atoms with Crippen LogP contribution >= 0.6 is 0 Å². The van der Waals surface area contributed by atoms with Crippen LogP contribution < -0.4 is 10.2 Å². The fraction of sp³-hybridized carbons (Fsp3) is 0.200. The number of aryl methyl sites for hydroxylation is 2. The number of carbonyl (C=O) groups excluding carboxylic acids is 1. The molecule has 0 saturated heterocycles. The van der Waals surface area contributed by atoms with Crippen molar-refractivity contribution in [3.8, 4) is 5.75 Å². The number of nitrogens with zero attached hydrogens (tertiary/aromatic N) is 1. The quantitative estimate of drug-likeness (QED) is 0.481. The van der Waals surface area contributed by atoms with E-state index in [0.717, 1.165) is 16.7 Å². The van der Waals surface area contributed by atoms with Crippen LogP contribution in [0.1, 0.15) is 44.6 Å². The molecule has 6 nitrogen and oxygen atoms in total. The van der Waals surface area contributed by atoms with E-state index in [0.29, 0.717) is 28.0 Å². The maximum Gasteiger partial charge on any atom is 0.291 e. The van der Waals surface area contributed by atoms with Crippen molar-refractivity contribution in [2.75, 3.05) is 7.11 Å². The van der Waals surface area contributed by atoms with Crippen LogP contribution in [0.3, 0.4) is 0 Å². The van der Waals surface area contributed by atoms with Crippen LogP contribution in [0.4, 0.5) is 0 Å². The second-order valence-corrected chi connectivity index (χ2v) is 7.79. The third-order valence-corrected chi connectivity index (χ3v) is 5.92. The summed E-state index contributed by atoms with van der Waals surface area (Å²) in [6.45, 7) is 4.13. The molecule has 4 aromatic rings. The Hall–Kier alpha value is -3.80. The number of furan rings is 1. The maximum atomic E-state index is 13.6. The first-order valence-electron chi connectivity index (χ1n) is 10.0. The van der Waals surface area contributed by atoms with Gasteiger partial charge in [0.15, 0.2) is 5.43 Å². The van der Waals surface area contributed by atoms with Gasteiger partial charge >= 0.3 is 0 Å². The van der Waals surface area contributed by atoms with Crippen LogP contribution in [0.25, 0.3) is 11.0 Å². The van der Waals surface area contributed by atoms with Gasteiger partial charge in [-0.15, -0.1) is 0 Å². The number of carbonyl (C=O) groups is 1.